The maximum absolute atomic E-state index is 12.8. The number of nitrogens with zero attached hydrogens (tertiary/aromatic N) is 1. The van der Waals surface area contributed by atoms with Gasteiger partial charge in [0.25, 0.3) is 0 Å². The molecule has 134 valence electrons. The number of carbonyl (C=O) groups is 1. The lowest BCUT2D eigenvalue weighted by Gasteiger charge is -2.22. The molecule has 1 aliphatic heterocycles. The van der Waals surface area contributed by atoms with Crippen molar-refractivity contribution in [2.45, 2.75) is 25.7 Å². The molecule has 5 nitrogen and oxygen atoms in total. The highest BCUT2D eigenvalue weighted by Gasteiger charge is 2.19. The molecule has 3 N–H and O–H groups in total. The average Bonchev–Trinajstić information content (AvgIpc) is 3.14. The van der Waals surface area contributed by atoms with Gasteiger partial charge < -0.3 is 15.4 Å². The van der Waals surface area contributed by atoms with Gasteiger partial charge in [-0.15, -0.1) is 0 Å². The second kappa shape index (κ2) is 7.30. The van der Waals surface area contributed by atoms with Gasteiger partial charge in [0.15, 0.2) is 5.78 Å². The lowest BCUT2D eigenvalue weighted by molar-refractivity contribution is 0.0973. The molecule has 0 amide bonds. The van der Waals surface area contributed by atoms with Crippen LogP contribution in [-0.4, -0.2) is 33.9 Å². The first kappa shape index (κ1) is 16.8. The van der Waals surface area contributed by atoms with E-state index < -0.39 is 0 Å². The Bertz CT molecular complexity index is 912. The lowest BCUT2D eigenvalue weighted by Crippen LogP contribution is -2.30. The average molecular weight is 349 g/mol. The molecule has 1 saturated heterocycles. The van der Waals surface area contributed by atoms with Crippen LogP contribution in [-0.2, 0) is 0 Å². The van der Waals surface area contributed by atoms with E-state index in [1.165, 1.54) is 12.8 Å². The van der Waals surface area contributed by atoms with Gasteiger partial charge in [-0.1, -0.05) is 30.3 Å². The van der Waals surface area contributed by atoms with Crippen molar-refractivity contribution < 1.29 is 9.90 Å². The van der Waals surface area contributed by atoms with E-state index in [0.717, 1.165) is 25.1 Å². The predicted molar refractivity (Wildman–Crippen MR) is 102 cm³/mol. The third-order valence-electron chi connectivity index (χ3n) is 5.15. The Kier molecular flexibility index (Phi) is 4.71. The molecule has 0 aliphatic carbocycles. The maximum Gasteiger partial charge on any atom is 0.165 e. The molecule has 3 aromatic rings. The van der Waals surface area contributed by atoms with Crippen LogP contribution in [0, 0.1) is 5.92 Å². The van der Waals surface area contributed by atoms with Crippen molar-refractivity contribution in [3.05, 3.63) is 48.0 Å². The number of benzene rings is 2. The summed E-state index contributed by atoms with van der Waals surface area (Å²) < 4.78 is 0. The molecule has 2 heterocycles. The number of piperidine rings is 1. The topological polar surface area (TPSA) is 78.0 Å². The second-order valence-corrected chi connectivity index (χ2v) is 6.98. The summed E-state index contributed by atoms with van der Waals surface area (Å²) in [6.45, 7) is 2.08. The van der Waals surface area contributed by atoms with E-state index in [2.05, 4.69) is 15.3 Å². The predicted octanol–water partition coefficient (Wildman–Crippen LogP) is 3.90. The fourth-order valence-electron chi connectivity index (χ4n) is 3.68. The maximum atomic E-state index is 12.8. The van der Waals surface area contributed by atoms with Crippen LogP contribution in [0.3, 0.4) is 0 Å². The zero-order chi connectivity index (χ0) is 17.9. The minimum Gasteiger partial charge on any atom is -0.506 e. The number of phenolic OH excluding ortho intramolecular Hbond substituents is 1. The molecule has 1 unspecified atom stereocenters. The number of Topliss-reactive ketones (excluding diaryl/α,β-unsaturated/α-hetero) is 1. The smallest absolute Gasteiger partial charge is 0.165 e. The minimum absolute atomic E-state index is 0.0895. The van der Waals surface area contributed by atoms with Crippen molar-refractivity contribution >= 4 is 16.8 Å². The highest BCUT2D eigenvalue weighted by Crippen LogP contribution is 2.30. The van der Waals surface area contributed by atoms with Gasteiger partial charge in [-0.3, -0.25) is 4.79 Å². The Hall–Kier alpha value is -2.66. The number of imidazole rings is 1. The van der Waals surface area contributed by atoms with E-state index in [1.807, 2.05) is 30.3 Å². The number of carbonyl (C=O) groups excluding carboxylic acids is 1. The van der Waals surface area contributed by atoms with E-state index in [4.69, 9.17) is 0 Å². The second-order valence-electron chi connectivity index (χ2n) is 6.98. The Morgan fingerprint density at radius 2 is 2.04 bits per heavy atom. The number of aromatic hydroxyl groups is 1. The van der Waals surface area contributed by atoms with Gasteiger partial charge in [0.05, 0.1) is 0 Å². The van der Waals surface area contributed by atoms with Crippen LogP contribution in [0.4, 0.5) is 0 Å². The minimum atomic E-state index is 0.0895. The van der Waals surface area contributed by atoms with Gasteiger partial charge in [-0.2, -0.15) is 0 Å². The van der Waals surface area contributed by atoms with Gasteiger partial charge in [-0.25, -0.2) is 4.98 Å². The number of ketones is 1. The largest absolute Gasteiger partial charge is 0.506 e. The molecule has 1 aromatic heterocycles. The number of fused-ring (bicyclic) bond motifs is 1. The molecule has 1 aliphatic rings. The van der Waals surface area contributed by atoms with Crippen LogP contribution in [0.15, 0.2) is 42.5 Å². The number of phenols is 1. The van der Waals surface area contributed by atoms with Crippen molar-refractivity contribution in [3.8, 4) is 17.1 Å². The Morgan fingerprint density at radius 1 is 1.19 bits per heavy atom. The first-order valence-electron chi connectivity index (χ1n) is 9.23. The monoisotopic (exact) mass is 349 g/mol. The molecule has 1 fully saturated rings. The SMILES string of the molecule is O=C(CCC1CCCNC1)c1ccc(O)c2[nH]c(-c3ccccc3)nc12. The van der Waals surface area contributed by atoms with E-state index >= 15 is 0 Å². The number of hydrogen-bond acceptors (Lipinski definition) is 4. The molecule has 2 aromatic carbocycles. The first-order chi connectivity index (χ1) is 12.7. The Labute approximate surface area is 152 Å². The van der Waals surface area contributed by atoms with Crippen molar-refractivity contribution in [1.82, 2.24) is 15.3 Å². The molecule has 0 bridgehead atoms. The molecule has 26 heavy (non-hydrogen) atoms. The zero-order valence-electron chi connectivity index (χ0n) is 14.7. The van der Waals surface area contributed by atoms with Crippen molar-refractivity contribution in [2.75, 3.05) is 13.1 Å². The van der Waals surface area contributed by atoms with E-state index in [1.54, 1.807) is 12.1 Å². The molecule has 0 spiro atoms. The summed E-state index contributed by atoms with van der Waals surface area (Å²) in [4.78, 5) is 20.6. The number of aromatic nitrogens is 2. The molecule has 1 atom stereocenters. The van der Waals surface area contributed by atoms with E-state index in [-0.39, 0.29) is 11.5 Å². The highest BCUT2D eigenvalue weighted by atomic mass is 16.3. The lowest BCUT2D eigenvalue weighted by atomic mass is 9.92. The summed E-state index contributed by atoms with van der Waals surface area (Å²) >= 11 is 0. The number of rotatable bonds is 5. The van der Waals surface area contributed by atoms with Crippen LogP contribution in [0.1, 0.15) is 36.0 Å². The molecular weight excluding hydrogens is 326 g/mol. The van der Waals surface area contributed by atoms with Gasteiger partial charge in [0, 0.05) is 17.5 Å². The summed E-state index contributed by atoms with van der Waals surface area (Å²) in [6.07, 6.45) is 3.78. The summed E-state index contributed by atoms with van der Waals surface area (Å²) in [5, 5.41) is 13.6. The third kappa shape index (κ3) is 3.35. The van der Waals surface area contributed by atoms with Gasteiger partial charge in [-0.05, 0) is 50.4 Å². The van der Waals surface area contributed by atoms with Crippen LogP contribution in [0.2, 0.25) is 0 Å². The Balaban J connectivity index is 1.61. The molecular formula is C21H23N3O2. The summed E-state index contributed by atoms with van der Waals surface area (Å²) in [5.74, 6) is 1.43. The standard InChI is InChI=1S/C21H23N3O2/c25-17(10-8-14-5-4-12-22-13-14)16-9-11-18(26)20-19(16)23-21(24-20)15-6-2-1-3-7-15/h1-3,6-7,9,11,14,22,26H,4-5,8,10,12-13H2,(H,23,24). The van der Waals surface area contributed by atoms with E-state index in [9.17, 15) is 9.90 Å². The molecule has 5 heteroatoms. The van der Waals surface area contributed by atoms with Crippen LogP contribution in [0.25, 0.3) is 22.4 Å². The molecule has 0 radical (unpaired) electrons. The molecule has 0 saturated carbocycles. The number of hydrogen-bond donors (Lipinski definition) is 3. The summed E-state index contributed by atoms with van der Waals surface area (Å²) in [7, 11) is 0. The third-order valence-corrected chi connectivity index (χ3v) is 5.15. The van der Waals surface area contributed by atoms with Gasteiger partial charge in [0.2, 0.25) is 0 Å². The fraction of sp³-hybridized carbons (Fsp3) is 0.333. The van der Waals surface area contributed by atoms with Crippen LogP contribution in [0.5, 0.6) is 5.75 Å². The number of H-pyrrole nitrogens is 1. The van der Waals surface area contributed by atoms with Gasteiger partial charge in [0.1, 0.15) is 22.6 Å². The van der Waals surface area contributed by atoms with Crippen molar-refractivity contribution in [2.24, 2.45) is 5.92 Å². The Morgan fingerprint density at radius 3 is 2.81 bits per heavy atom. The highest BCUT2D eigenvalue weighted by molar-refractivity contribution is 6.07. The van der Waals surface area contributed by atoms with Crippen LogP contribution < -0.4 is 5.32 Å². The van der Waals surface area contributed by atoms with Crippen molar-refractivity contribution in [3.63, 3.8) is 0 Å². The van der Waals surface area contributed by atoms with E-state index in [0.29, 0.717) is 34.8 Å². The summed E-state index contributed by atoms with van der Waals surface area (Å²) in [6, 6.07) is 13.0. The first-order valence-corrected chi connectivity index (χ1v) is 9.23. The zero-order valence-corrected chi connectivity index (χ0v) is 14.7. The van der Waals surface area contributed by atoms with Crippen molar-refractivity contribution in [1.29, 1.82) is 0 Å². The van der Waals surface area contributed by atoms with Gasteiger partial charge >= 0.3 is 0 Å². The molecule has 4 rings (SSSR count). The quantitative estimate of drug-likeness (QED) is 0.611. The van der Waals surface area contributed by atoms with Crippen LogP contribution >= 0.6 is 0 Å². The summed E-state index contributed by atoms with van der Waals surface area (Å²) in [5.41, 5.74) is 2.58. The number of aromatic amines is 1. The number of nitrogens with one attached hydrogen (secondary N) is 2. The normalized spacial score (nSPS) is 17.5. The fourth-order valence-corrected chi connectivity index (χ4v) is 3.68.